The van der Waals surface area contributed by atoms with Crippen LogP contribution in [0.25, 0.3) is 0 Å². The molecule has 0 saturated carbocycles. The SMILES string of the molecule is CCOC(=O)Cc1ccccc1OC1CCCc2ccc(Br)cc21. The van der Waals surface area contributed by atoms with E-state index in [1.54, 1.807) is 0 Å². The predicted octanol–water partition coefficient (Wildman–Crippen LogP) is 5.01. The van der Waals surface area contributed by atoms with Crippen LogP contribution in [0.3, 0.4) is 0 Å². The van der Waals surface area contributed by atoms with Crippen molar-refractivity contribution in [2.45, 2.75) is 38.7 Å². The van der Waals surface area contributed by atoms with E-state index < -0.39 is 0 Å². The molecule has 2 aromatic carbocycles. The predicted molar refractivity (Wildman–Crippen MR) is 97.2 cm³/mol. The highest BCUT2D eigenvalue weighted by Gasteiger charge is 2.23. The summed E-state index contributed by atoms with van der Waals surface area (Å²) in [6.45, 7) is 2.21. The van der Waals surface area contributed by atoms with Gasteiger partial charge < -0.3 is 9.47 Å². The average molecular weight is 389 g/mol. The van der Waals surface area contributed by atoms with E-state index in [-0.39, 0.29) is 18.5 Å². The van der Waals surface area contributed by atoms with Gasteiger partial charge in [0, 0.05) is 10.0 Å². The number of hydrogen-bond donors (Lipinski definition) is 0. The van der Waals surface area contributed by atoms with E-state index in [2.05, 4.69) is 34.1 Å². The van der Waals surface area contributed by atoms with Gasteiger partial charge in [-0.1, -0.05) is 40.2 Å². The first-order chi connectivity index (χ1) is 11.7. The van der Waals surface area contributed by atoms with E-state index in [1.165, 1.54) is 11.1 Å². The summed E-state index contributed by atoms with van der Waals surface area (Å²) in [5, 5.41) is 0. The molecular weight excluding hydrogens is 368 g/mol. The molecule has 0 spiro atoms. The molecule has 0 bridgehead atoms. The lowest BCUT2D eigenvalue weighted by molar-refractivity contribution is -0.142. The van der Waals surface area contributed by atoms with Crippen molar-refractivity contribution in [1.82, 2.24) is 0 Å². The fourth-order valence-corrected chi connectivity index (χ4v) is 3.51. The van der Waals surface area contributed by atoms with Crippen LogP contribution in [0.2, 0.25) is 0 Å². The minimum Gasteiger partial charge on any atom is -0.485 e. The minimum absolute atomic E-state index is 0.0228. The number of hydrogen-bond acceptors (Lipinski definition) is 3. The van der Waals surface area contributed by atoms with E-state index in [9.17, 15) is 4.79 Å². The number of halogens is 1. The van der Waals surface area contributed by atoms with Crippen LogP contribution in [-0.2, 0) is 22.4 Å². The van der Waals surface area contributed by atoms with Crippen molar-refractivity contribution in [3.8, 4) is 5.75 Å². The van der Waals surface area contributed by atoms with Gasteiger partial charge in [-0.15, -0.1) is 0 Å². The Kier molecular flexibility index (Phi) is 5.56. The molecule has 1 aliphatic rings. The molecule has 0 saturated heterocycles. The summed E-state index contributed by atoms with van der Waals surface area (Å²) in [5.41, 5.74) is 3.46. The monoisotopic (exact) mass is 388 g/mol. The molecule has 1 aliphatic carbocycles. The molecule has 1 atom stereocenters. The summed E-state index contributed by atoms with van der Waals surface area (Å²) in [5.74, 6) is 0.545. The highest BCUT2D eigenvalue weighted by molar-refractivity contribution is 9.10. The van der Waals surface area contributed by atoms with Gasteiger partial charge in [0.1, 0.15) is 11.9 Å². The number of aryl methyl sites for hydroxylation is 1. The van der Waals surface area contributed by atoms with Gasteiger partial charge in [-0.3, -0.25) is 4.79 Å². The second-order valence-corrected chi connectivity index (χ2v) is 6.85. The van der Waals surface area contributed by atoms with Crippen molar-refractivity contribution < 1.29 is 14.3 Å². The van der Waals surface area contributed by atoms with Crippen LogP contribution in [0, 0.1) is 0 Å². The Bertz CT molecular complexity index is 727. The van der Waals surface area contributed by atoms with Gasteiger partial charge in [0.15, 0.2) is 0 Å². The Balaban J connectivity index is 1.83. The summed E-state index contributed by atoms with van der Waals surface area (Å²) < 4.78 is 12.4. The lowest BCUT2D eigenvalue weighted by Crippen LogP contribution is -2.16. The highest BCUT2D eigenvalue weighted by atomic mass is 79.9. The molecule has 4 heteroatoms. The fourth-order valence-electron chi connectivity index (χ4n) is 3.13. The Morgan fingerprint density at radius 1 is 1.25 bits per heavy atom. The van der Waals surface area contributed by atoms with Gasteiger partial charge >= 0.3 is 5.97 Å². The molecule has 3 rings (SSSR count). The maximum atomic E-state index is 11.8. The molecule has 2 aromatic rings. The molecule has 0 fully saturated rings. The molecule has 1 unspecified atom stereocenters. The third kappa shape index (κ3) is 3.99. The number of fused-ring (bicyclic) bond motifs is 1. The van der Waals surface area contributed by atoms with Gasteiger partial charge in [0.25, 0.3) is 0 Å². The van der Waals surface area contributed by atoms with Crippen molar-refractivity contribution in [3.63, 3.8) is 0 Å². The first-order valence-electron chi connectivity index (χ1n) is 8.36. The third-order valence-electron chi connectivity index (χ3n) is 4.25. The normalized spacial score (nSPS) is 16.3. The smallest absolute Gasteiger partial charge is 0.310 e. The molecule has 0 N–H and O–H groups in total. The van der Waals surface area contributed by atoms with E-state index in [0.717, 1.165) is 35.0 Å². The van der Waals surface area contributed by atoms with E-state index in [0.29, 0.717) is 6.61 Å². The zero-order chi connectivity index (χ0) is 16.9. The number of carbonyl (C=O) groups is 1. The number of ether oxygens (including phenoxy) is 2. The van der Waals surface area contributed by atoms with Crippen molar-refractivity contribution in [3.05, 3.63) is 63.6 Å². The zero-order valence-corrected chi connectivity index (χ0v) is 15.3. The second-order valence-electron chi connectivity index (χ2n) is 5.93. The van der Waals surface area contributed by atoms with Crippen LogP contribution in [0.4, 0.5) is 0 Å². The minimum atomic E-state index is -0.222. The van der Waals surface area contributed by atoms with Crippen LogP contribution in [0.15, 0.2) is 46.9 Å². The average Bonchev–Trinajstić information content (AvgIpc) is 2.57. The zero-order valence-electron chi connectivity index (χ0n) is 13.8. The standard InChI is InChI=1S/C20H21BrO3/c1-2-23-20(22)12-15-6-3-4-8-18(15)24-19-9-5-7-14-10-11-16(21)13-17(14)19/h3-4,6,8,10-11,13,19H,2,5,7,9,12H2,1H3. The second kappa shape index (κ2) is 7.84. The molecule has 126 valence electrons. The lowest BCUT2D eigenvalue weighted by Gasteiger charge is -2.27. The van der Waals surface area contributed by atoms with Gasteiger partial charge in [-0.25, -0.2) is 0 Å². The Morgan fingerprint density at radius 2 is 2.08 bits per heavy atom. The molecule has 0 radical (unpaired) electrons. The lowest BCUT2D eigenvalue weighted by atomic mass is 9.89. The molecule has 0 aliphatic heterocycles. The van der Waals surface area contributed by atoms with E-state index in [4.69, 9.17) is 9.47 Å². The molecular formula is C20H21BrO3. The number of esters is 1. The van der Waals surface area contributed by atoms with Crippen LogP contribution in [0.5, 0.6) is 5.75 Å². The number of benzene rings is 2. The molecule has 0 aromatic heterocycles. The topological polar surface area (TPSA) is 35.5 Å². The largest absolute Gasteiger partial charge is 0.485 e. The summed E-state index contributed by atoms with van der Waals surface area (Å²) >= 11 is 3.55. The first kappa shape index (κ1) is 17.0. The van der Waals surface area contributed by atoms with E-state index >= 15 is 0 Å². The van der Waals surface area contributed by atoms with Crippen LogP contribution >= 0.6 is 15.9 Å². The van der Waals surface area contributed by atoms with Gasteiger partial charge in [0.2, 0.25) is 0 Å². The number of rotatable bonds is 5. The van der Waals surface area contributed by atoms with Gasteiger partial charge in [-0.05, 0) is 55.5 Å². The van der Waals surface area contributed by atoms with Crippen molar-refractivity contribution in [1.29, 1.82) is 0 Å². The summed E-state index contributed by atoms with van der Waals surface area (Å²) in [4.78, 5) is 11.8. The number of carbonyl (C=O) groups excluding carboxylic acids is 1. The van der Waals surface area contributed by atoms with Crippen molar-refractivity contribution >= 4 is 21.9 Å². The summed E-state index contributed by atoms with van der Waals surface area (Å²) in [7, 11) is 0. The van der Waals surface area contributed by atoms with Crippen LogP contribution in [0.1, 0.15) is 42.6 Å². The Hall–Kier alpha value is -1.81. The summed E-state index contributed by atoms with van der Waals surface area (Å²) in [6.07, 6.45) is 3.44. The van der Waals surface area contributed by atoms with Gasteiger partial charge in [0.05, 0.1) is 13.0 Å². The van der Waals surface area contributed by atoms with Crippen molar-refractivity contribution in [2.75, 3.05) is 6.61 Å². The number of para-hydroxylation sites is 1. The van der Waals surface area contributed by atoms with Crippen LogP contribution < -0.4 is 4.74 Å². The quantitative estimate of drug-likeness (QED) is 0.675. The molecule has 24 heavy (non-hydrogen) atoms. The maximum absolute atomic E-state index is 11.8. The maximum Gasteiger partial charge on any atom is 0.310 e. The first-order valence-corrected chi connectivity index (χ1v) is 9.15. The van der Waals surface area contributed by atoms with E-state index in [1.807, 2.05) is 31.2 Å². The summed E-state index contributed by atoms with van der Waals surface area (Å²) in [6, 6.07) is 14.1. The fraction of sp³-hybridized carbons (Fsp3) is 0.350. The molecule has 0 heterocycles. The van der Waals surface area contributed by atoms with Crippen LogP contribution in [-0.4, -0.2) is 12.6 Å². The Labute approximate surface area is 151 Å². The molecule has 0 amide bonds. The van der Waals surface area contributed by atoms with Gasteiger partial charge in [-0.2, -0.15) is 0 Å². The Morgan fingerprint density at radius 3 is 2.92 bits per heavy atom. The molecule has 3 nitrogen and oxygen atoms in total. The van der Waals surface area contributed by atoms with Crippen molar-refractivity contribution in [2.24, 2.45) is 0 Å². The third-order valence-corrected chi connectivity index (χ3v) is 4.74. The highest BCUT2D eigenvalue weighted by Crippen LogP contribution is 2.36.